The van der Waals surface area contributed by atoms with Crippen molar-refractivity contribution in [2.45, 2.75) is 25.6 Å². The fraction of sp³-hybridized carbons (Fsp3) is 0.273. The molecule has 152 valence electrons. The number of nitrogens with one attached hydrogen (secondary N) is 1. The number of rotatable bonds is 5. The monoisotopic (exact) mass is 402 g/mol. The Hall–Kier alpha value is -3.52. The first-order valence-corrected chi connectivity index (χ1v) is 9.82. The third kappa shape index (κ3) is 3.35. The van der Waals surface area contributed by atoms with Crippen LogP contribution in [0.5, 0.6) is 5.75 Å². The number of pyridine rings is 1. The largest absolute Gasteiger partial charge is 0.485 e. The van der Waals surface area contributed by atoms with Gasteiger partial charge in [0, 0.05) is 43.6 Å². The second-order valence-corrected chi connectivity index (χ2v) is 7.50. The molecule has 30 heavy (non-hydrogen) atoms. The molecule has 1 atom stereocenters. The molecular formula is C22H22N6O2. The third-order valence-corrected chi connectivity index (χ3v) is 5.39. The first-order valence-electron chi connectivity index (χ1n) is 9.82. The Labute approximate surface area is 173 Å². The van der Waals surface area contributed by atoms with Gasteiger partial charge < -0.3 is 14.8 Å². The molecule has 1 unspecified atom stereocenters. The maximum atomic E-state index is 6.11. The lowest BCUT2D eigenvalue weighted by Crippen LogP contribution is -2.30. The highest BCUT2D eigenvalue weighted by atomic mass is 16.5. The molecule has 8 nitrogen and oxygen atoms in total. The van der Waals surface area contributed by atoms with E-state index in [4.69, 9.17) is 14.6 Å². The Balaban J connectivity index is 1.41. The van der Waals surface area contributed by atoms with Crippen LogP contribution < -0.4 is 10.1 Å². The van der Waals surface area contributed by atoms with Crippen LogP contribution >= 0.6 is 0 Å². The van der Waals surface area contributed by atoms with Crippen LogP contribution in [-0.2, 0) is 17.8 Å². The zero-order chi connectivity index (χ0) is 20.6. The summed E-state index contributed by atoms with van der Waals surface area (Å²) in [5, 5.41) is 16.4. The van der Waals surface area contributed by atoms with Crippen LogP contribution in [0.4, 0.5) is 0 Å². The number of hydrogen-bond donors (Lipinski definition) is 1. The number of allylic oxidation sites excluding steroid dienone is 2. The number of methoxy groups -OCH3 is 1. The maximum Gasteiger partial charge on any atom is 0.192 e. The summed E-state index contributed by atoms with van der Waals surface area (Å²) in [6, 6.07) is 5.71. The highest BCUT2D eigenvalue weighted by Crippen LogP contribution is 2.32. The zero-order valence-corrected chi connectivity index (χ0v) is 16.9. The van der Waals surface area contributed by atoms with Crippen molar-refractivity contribution in [2.75, 3.05) is 13.7 Å². The molecule has 0 fully saturated rings. The number of nitrogens with zero attached hydrogens (tertiary/aromatic N) is 5. The summed E-state index contributed by atoms with van der Waals surface area (Å²) in [5.74, 6) is 1.39. The smallest absolute Gasteiger partial charge is 0.192 e. The van der Waals surface area contributed by atoms with Gasteiger partial charge in [0.15, 0.2) is 11.5 Å². The van der Waals surface area contributed by atoms with Crippen molar-refractivity contribution in [2.24, 2.45) is 0 Å². The van der Waals surface area contributed by atoms with Crippen molar-refractivity contribution in [3.8, 4) is 5.75 Å². The second-order valence-electron chi connectivity index (χ2n) is 7.50. The quantitative estimate of drug-likeness (QED) is 0.702. The first kappa shape index (κ1) is 18.5. The maximum absolute atomic E-state index is 6.11. The van der Waals surface area contributed by atoms with Crippen LogP contribution in [-0.4, -0.2) is 44.1 Å². The van der Waals surface area contributed by atoms with Crippen LogP contribution in [0.25, 0.3) is 17.3 Å². The molecule has 0 amide bonds. The van der Waals surface area contributed by atoms with Gasteiger partial charge in [-0.15, -0.1) is 10.2 Å². The van der Waals surface area contributed by atoms with E-state index < -0.39 is 0 Å². The van der Waals surface area contributed by atoms with Crippen LogP contribution in [0.15, 0.2) is 48.8 Å². The van der Waals surface area contributed by atoms with Gasteiger partial charge in [0.25, 0.3) is 0 Å². The van der Waals surface area contributed by atoms with Crippen LogP contribution in [0.2, 0.25) is 0 Å². The lowest BCUT2D eigenvalue weighted by atomic mass is 9.90. The molecule has 8 heteroatoms. The van der Waals surface area contributed by atoms with Gasteiger partial charge in [-0.2, -0.15) is 9.61 Å². The lowest BCUT2D eigenvalue weighted by molar-refractivity contribution is 0.0478. The normalized spacial score (nSPS) is 20.0. The SMILES string of the molecule is COC1(C)C=Cc2c(OCc3nnc4ccc(C5=CNCC=C5)nn34)ccnc2C1. The Morgan fingerprint density at radius 3 is 2.97 bits per heavy atom. The lowest BCUT2D eigenvalue weighted by Gasteiger charge is -2.28. The van der Waals surface area contributed by atoms with Crippen LogP contribution in [0, 0.1) is 0 Å². The molecule has 0 saturated carbocycles. The molecule has 5 rings (SSSR count). The van der Waals surface area contributed by atoms with Gasteiger partial charge in [-0.25, -0.2) is 0 Å². The van der Waals surface area contributed by atoms with E-state index in [9.17, 15) is 0 Å². The highest BCUT2D eigenvalue weighted by molar-refractivity contribution is 5.72. The number of fused-ring (bicyclic) bond motifs is 2. The summed E-state index contributed by atoms with van der Waals surface area (Å²) < 4.78 is 13.4. The number of aromatic nitrogens is 5. The van der Waals surface area contributed by atoms with Crippen LogP contribution in [0.1, 0.15) is 29.7 Å². The zero-order valence-electron chi connectivity index (χ0n) is 16.9. The summed E-state index contributed by atoms with van der Waals surface area (Å²) in [4.78, 5) is 4.51. The standard InChI is InChI=1S/C22H22N6O2/c1-22(29-2)9-7-16-18(12-22)24-11-8-19(16)30-14-21-26-25-20-6-5-17(27-28(20)21)15-4-3-10-23-13-15/h3-9,11,13,23H,10,12,14H2,1-2H3. The van der Waals surface area contributed by atoms with Gasteiger partial charge in [-0.1, -0.05) is 24.3 Å². The molecule has 1 N–H and O–H groups in total. The van der Waals surface area contributed by atoms with E-state index in [0.29, 0.717) is 17.9 Å². The predicted octanol–water partition coefficient (Wildman–Crippen LogP) is 2.57. The molecule has 0 saturated heterocycles. The minimum atomic E-state index is -0.348. The van der Waals surface area contributed by atoms with E-state index in [1.165, 1.54) is 0 Å². The van der Waals surface area contributed by atoms with Crippen molar-refractivity contribution in [1.82, 2.24) is 30.1 Å². The fourth-order valence-electron chi connectivity index (χ4n) is 3.58. The van der Waals surface area contributed by atoms with Crippen molar-refractivity contribution < 1.29 is 9.47 Å². The van der Waals surface area contributed by atoms with E-state index in [2.05, 4.69) is 32.7 Å². The van der Waals surface area contributed by atoms with Gasteiger partial charge in [0.2, 0.25) is 0 Å². The summed E-state index contributed by atoms with van der Waals surface area (Å²) in [7, 11) is 1.71. The predicted molar refractivity (Wildman–Crippen MR) is 113 cm³/mol. The topological polar surface area (TPSA) is 86.5 Å². The summed E-state index contributed by atoms with van der Waals surface area (Å²) >= 11 is 0. The molecule has 1 aliphatic carbocycles. The average molecular weight is 402 g/mol. The Kier molecular flexibility index (Phi) is 4.55. The van der Waals surface area contributed by atoms with Crippen molar-refractivity contribution >= 4 is 17.3 Å². The van der Waals surface area contributed by atoms with Crippen molar-refractivity contribution in [1.29, 1.82) is 0 Å². The summed E-state index contributed by atoms with van der Waals surface area (Å²) in [6.45, 7) is 3.11. The van der Waals surface area contributed by atoms with Gasteiger partial charge in [0.1, 0.15) is 12.4 Å². The fourth-order valence-corrected chi connectivity index (χ4v) is 3.58. The van der Waals surface area contributed by atoms with E-state index in [1.54, 1.807) is 17.8 Å². The van der Waals surface area contributed by atoms with Gasteiger partial charge in [0.05, 0.1) is 17.0 Å². The van der Waals surface area contributed by atoms with Crippen molar-refractivity contribution in [3.63, 3.8) is 0 Å². The van der Waals surface area contributed by atoms with Gasteiger partial charge in [-0.05, 0) is 25.1 Å². The third-order valence-electron chi connectivity index (χ3n) is 5.39. The van der Waals surface area contributed by atoms with Gasteiger partial charge in [-0.3, -0.25) is 4.98 Å². The minimum Gasteiger partial charge on any atom is -0.485 e. The molecular weight excluding hydrogens is 380 g/mol. The second kappa shape index (κ2) is 7.38. The van der Waals surface area contributed by atoms with E-state index >= 15 is 0 Å². The molecule has 3 aromatic rings. The summed E-state index contributed by atoms with van der Waals surface area (Å²) in [6.07, 6.45) is 12.6. The number of dihydropyridines is 1. The Morgan fingerprint density at radius 2 is 2.13 bits per heavy atom. The molecule has 3 aromatic heterocycles. The van der Waals surface area contributed by atoms with Crippen LogP contribution in [0.3, 0.4) is 0 Å². The van der Waals surface area contributed by atoms with E-state index in [-0.39, 0.29) is 12.2 Å². The molecule has 0 radical (unpaired) electrons. The average Bonchev–Trinajstić information content (AvgIpc) is 3.20. The highest BCUT2D eigenvalue weighted by Gasteiger charge is 2.27. The van der Waals surface area contributed by atoms with Gasteiger partial charge >= 0.3 is 0 Å². The number of hydrogen-bond acceptors (Lipinski definition) is 7. The molecule has 0 spiro atoms. The molecule has 4 heterocycles. The molecule has 0 aromatic carbocycles. The number of ether oxygens (including phenoxy) is 2. The summed E-state index contributed by atoms with van der Waals surface area (Å²) in [5.41, 5.74) is 4.11. The van der Waals surface area contributed by atoms with E-state index in [1.807, 2.05) is 43.5 Å². The minimum absolute atomic E-state index is 0.247. The molecule has 0 bridgehead atoms. The van der Waals surface area contributed by atoms with E-state index in [0.717, 1.165) is 34.8 Å². The Bertz CT molecular complexity index is 1200. The van der Waals surface area contributed by atoms with Crippen molar-refractivity contribution in [3.05, 3.63) is 71.6 Å². The molecule has 1 aliphatic heterocycles. The first-order chi connectivity index (χ1) is 14.6. The molecule has 2 aliphatic rings. The Morgan fingerprint density at radius 1 is 1.20 bits per heavy atom.